The first-order valence-electron chi connectivity index (χ1n) is 5.82. The molecule has 0 bridgehead atoms. The number of aliphatic hydroxyl groups excluding tert-OH is 1. The van der Waals surface area contributed by atoms with Gasteiger partial charge in [-0.2, -0.15) is 0 Å². The molecule has 98 valence electrons. The average Bonchev–Trinajstić information content (AvgIpc) is 2.38. The number of benzene rings is 1. The zero-order valence-corrected chi connectivity index (χ0v) is 9.98. The number of carbonyl (C=O) groups is 1. The minimum absolute atomic E-state index is 0.0406. The van der Waals surface area contributed by atoms with Crippen LogP contribution in [-0.4, -0.2) is 36.8 Å². The molecule has 1 aromatic carbocycles. The lowest BCUT2D eigenvalue weighted by molar-refractivity contribution is -0.118. The van der Waals surface area contributed by atoms with Gasteiger partial charge >= 0.3 is 0 Å². The number of hydrogen-bond donors (Lipinski definition) is 4. The van der Waals surface area contributed by atoms with Crippen LogP contribution in [0.25, 0.3) is 0 Å². The molecule has 0 saturated heterocycles. The smallest absolute Gasteiger partial charge is 0.262 e. The van der Waals surface area contributed by atoms with Crippen LogP contribution in [0.3, 0.4) is 0 Å². The van der Waals surface area contributed by atoms with E-state index in [4.69, 9.17) is 15.6 Å². The van der Waals surface area contributed by atoms with Crippen LogP contribution >= 0.6 is 0 Å². The Bertz CT molecular complexity index is 437. The number of carbonyl (C=O) groups excluding carboxylic acids is 1. The van der Waals surface area contributed by atoms with Crippen LogP contribution in [0.15, 0.2) is 18.2 Å². The van der Waals surface area contributed by atoms with Crippen LogP contribution in [0.5, 0.6) is 5.75 Å². The number of amides is 1. The van der Waals surface area contributed by atoms with Gasteiger partial charge in [0.05, 0.1) is 12.3 Å². The Balaban J connectivity index is 1.94. The summed E-state index contributed by atoms with van der Waals surface area (Å²) in [6.07, 6.45) is 0. The van der Waals surface area contributed by atoms with Crippen molar-refractivity contribution < 1.29 is 14.6 Å². The van der Waals surface area contributed by atoms with Crippen molar-refractivity contribution in [2.45, 2.75) is 12.6 Å². The van der Waals surface area contributed by atoms with Gasteiger partial charge in [-0.15, -0.1) is 0 Å². The minimum atomic E-state index is -0.259. The van der Waals surface area contributed by atoms with Gasteiger partial charge in [-0.1, -0.05) is 6.07 Å². The minimum Gasteiger partial charge on any atom is -0.482 e. The summed E-state index contributed by atoms with van der Waals surface area (Å²) in [6, 6.07) is 5.36. The Labute approximate surface area is 105 Å². The Morgan fingerprint density at radius 1 is 1.56 bits per heavy atom. The van der Waals surface area contributed by atoms with E-state index in [-0.39, 0.29) is 25.2 Å². The van der Waals surface area contributed by atoms with Crippen molar-refractivity contribution in [2.75, 3.05) is 25.1 Å². The van der Waals surface area contributed by atoms with E-state index in [2.05, 4.69) is 10.6 Å². The van der Waals surface area contributed by atoms with Crippen LogP contribution in [0, 0.1) is 0 Å². The number of nitrogens with two attached hydrogens (primary N) is 1. The topological polar surface area (TPSA) is 96.6 Å². The summed E-state index contributed by atoms with van der Waals surface area (Å²) < 4.78 is 5.27. The third-order valence-electron chi connectivity index (χ3n) is 2.65. The maximum Gasteiger partial charge on any atom is 0.262 e. The maximum atomic E-state index is 11.2. The van der Waals surface area contributed by atoms with Crippen molar-refractivity contribution >= 4 is 11.6 Å². The predicted octanol–water partition coefficient (Wildman–Crippen LogP) is -0.573. The normalized spacial score (nSPS) is 15.6. The van der Waals surface area contributed by atoms with Gasteiger partial charge < -0.3 is 26.2 Å². The molecule has 1 aliphatic heterocycles. The number of hydrogen-bond acceptors (Lipinski definition) is 5. The molecular formula is C12H17N3O3. The lowest BCUT2D eigenvalue weighted by Gasteiger charge is -2.18. The lowest BCUT2D eigenvalue weighted by atomic mass is 10.1. The van der Waals surface area contributed by atoms with Gasteiger partial charge in [0.1, 0.15) is 5.75 Å². The fraction of sp³-hybridized carbons (Fsp3) is 0.417. The zero-order chi connectivity index (χ0) is 13.0. The molecule has 0 aromatic heterocycles. The van der Waals surface area contributed by atoms with Crippen molar-refractivity contribution in [1.82, 2.24) is 5.32 Å². The second-order valence-corrected chi connectivity index (χ2v) is 4.24. The van der Waals surface area contributed by atoms with E-state index in [1.54, 1.807) is 0 Å². The maximum absolute atomic E-state index is 11.2. The fourth-order valence-corrected chi connectivity index (χ4v) is 1.71. The number of nitrogens with one attached hydrogen (secondary N) is 2. The highest BCUT2D eigenvalue weighted by Crippen LogP contribution is 2.28. The standard InChI is InChI=1S/C12H17N3O3/c13-9(6-16)5-14-4-8-1-2-11-10(3-8)15-12(17)7-18-11/h1-3,9,14,16H,4-7,13H2,(H,15,17). The van der Waals surface area contributed by atoms with Gasteiger partial charge in [0.2, 0.25) is 0 Å². The van der Waals surface area contributed by atoms with Crippen LogP contribution in [0.2, 0.25) is 0 Å². The van der Waals surface area contributed by atoms with Gasteiger partial charge in [-0.25, -0.2) is 0 Å². The Hall–Kier alpha value is -1.63. The van der Waals surface area contributed by atoms with Gasteiger partial charge in [-0.3, -0.25) is 4.79 Å². The molecule has 0 aliphatic carbocycles. The summed E-state index contributed by atoms with van der Waals surface area (Å²) in [4.78, 5) is 11.2. The summed E-state index contributed by atoms with van der Waals surface area (Å²) in [5.41, 5.74) is 7.29. The molecule has 0 fully saturated rings. The molecular weight excluding hydrogens is 234 g/mol. The van der Waals surface area contributed by atoms with Crippen molar-refractivity contribution in [3.05, 3.63) is 23.8 Å². The van der Waals surface area contributed by atoms with Crippen LogP contribution < -0.4 is 21.1 Å². The van der Waals surface area contributed by atoms with E-state index in [9.17, 15) is 4.79 Å². The summed E-state index contributed by atoms with van der Waals surface area (Å²) in [7, 11) is 0. The summed E-state index contributed by atoms with van der Waals surface area (Å²) in [5, 5.41) is 14.7. The summed E-state index contributed by atoms with van der Waals surface area (Å²) in [6.45, 7) is 1.18. The highest BCUT2D eigenvalue weighted by molar-refractivity contribution is 5.95. The highest BCUT2D eigenvalue weighted by atomic mass is 16.5. The molecule has 0 radical (unpaired) electrons. The largest absolute Gasteiger partial charge is 0.482 e. The number of ether oxygens (including phenoxy) is 1. The van der Waals surface area contributed by atoms with Gasteiger partial charge in [0.15, 0.2) is 6.61 Å². The third kappa shape index (κ3) is 3.19. The Morgan fingerprint density at radius 2 is 2.39 bits per heavy atom. The second-order valence-electron chi connectivity index (χ2n) is 4.24. The SMILES string of the molecule is NC(CO)CNCc1ccc2c(c1)NC(=O)CO2. The van der Waals surface area contributed by atoms with Crippen LogP contribution in [0.4, 0.5) is 5.69 Å². The van der Waals surface area contributed by atoms with E-state index in [1.807, 2.05) is 18.2 Å². The molecule has 1 amide bonds. The fourth-order valence-electron chi connectivity index (χ4n) is 1.71. The Kier molecular flexibility index (Phi) is 4.14. The van der Waals surface area contributed by atoms with Crippen LogP contribution in [-0.2, 0) is 11.3 Å². The molecule has 5 N–H and O–H groups in total. The molecule has 0 saturated carbocycles. The average molecular weight is 251 g/mol. The number of fused-ring (bicyclic) bond motifs is 1. The van der Waals surface area contributed by atoms with E-state index in [1.165, 1.54) is 0 Å². The molecule has 0 spiro atoms. The quantitative estimate of drug-likeness (QED) is 0.562. The molecule has 1 heterocycles. The molecule has 6 heteroatoms. The van der Waals surface area contributed by atoms with Crippen molar-refractivity contribution in [1.29, 1.82) is 0 Å². The third-order valence-corrected chi connectivity index (χ3v) is 2.65. The lowest BCUT2D eigenvalue weighted by Crippen LogP contribution is -2.36. The first-order valence-corrected chi connectivity index (χ1v) is 5.82. The van der Waals surface area contributed by atoms with Gasteiger partial charge in [0, 0.05) is 19.1 Å². The molecule has 1 aromatic rings. The second kappa shape index (κ2) is 5.81. The molecule has 1 unspecified atom stereocenters. The number of rotatable bonds is 5. The monoisotopic (exact) mass is 251 g/mol. The predicted molar refractivity (Wildman–Crippen MR) is 67.3 cm³/mol. The van der Waals surface area contributed by atoms with Crippen molar-refractivity contribution in [3.8, 4) is 5.75 Å². The summed E-state index contributed by atoms with van der Waals surface area (Å²) in [5.74, 6) is 0.542. The first kappa shape index (κ1) is 12.8. The van der Waals surface area contributed by atoms with Gasteiger partial charge in [0.25, 0.3) is 5.91 Å². The number of aliphatic hydroxyl groups is 1. The van der Waals surface area contributed by atoms with Crippen LogP contribution in [0.1, 0.15) is 5.56 Å². The van der Waals surface area contributed by atoms with Gasteiger partial charge in [-0.05, 0) is 17.7 Å². The molecule has 18 heavy (non-hydrogen) atoms. The molecule has 1 atom stereocenters. The Morgan fingerprint density at radius 3 is 3.17 bits per heavy atom. The van der Waals surface area contributed by atoms with E-state index < -0.39 is 0 Å². The number of anilines is 1. The van der Waals surface area contributed by atoms with Crippen molar-refractivity contribution in [3.63, 3.8) is 0 Å². The first-order chi connectivity index (χ1) is 8.69. The highest BCUT2D eigenvalue weighted by Gasteiger charge is 2.15. The van der Waals surface area contributed by atoms with E-state index in [0.717, 1.165) is 5.56 Å². The summed E-state index contributed by atoms with van der Waals surface area (Å²) >= 11 is 0. The zero-order valence-electron chi connectivity index (χ0n) is 9.98. The van der Waals surface area contributed by atoms with E-state index >= 15 is 0 Å². The molecule has 1 aliphatic rings. The van der Waals surface area contributed by atoms with E-state index in [0.29, 0.717) is 24.5 Å². The van der Waals surface area contributed by atoms with Crippen molar-refractivity contribution in [2.24, 2.45) is 5.73 Å². The molecule has 2 rings (SSSR count). The molecule has 6 nitrogen and oxygen atoms in total.